The van der Waals surface area contributed by atoms with Crippen molar-refractivity contribution in [3.8, 4) is 28.2 Å². The predicted octanol–water partition coefficient (Wildman–Crippen LogP) is 4.06. The van der Waals surface area contributed by atoms with Gasteiger partial charge >= 0.3 is 0 Å². The molecule has 0 fully saturated rings. The van der Waals surface area contributed by atoms with E-state index in [1.165, 1.54) is 37.6 Å². The van der Waals surface area contributed by atoms with Crippen molar-refractivity contribution in [2.45, 2.75) is 0 Å². The zero-order chi connectivity index (χ0) is 16.4. The van der Waals surface area contributed by atoms with E-state index in [2.05, 4.69) is 5.16 Å². The van der Waals surface area contributed by atoms with Crippen molar-refractivity contribution in [1.82, 2.24) is 5.16 Å². The summed E-state index contributed by atoms with van der Waals surface area (Å²) in [4.78, 5) is 10.2. The summed E-state index contributed by atoms with van der Waals surface area (Å²) in [6.07, 6.45) is 1.48. The molecular formula is C16H11FN2O4. The van der Waals surface area contributed by atoms with E-state index in [1.807, 2.05) is 0 Å². The Labute approximate surface area is 130 Å². The first-order valence-corrected chi connectivity index (χ1v) is 6.63. The number of hydrogen-bond acceptors (Lipinski definition) is 5. The maximum atomic E-state index is 13.9. The summed E-state index contributed by atoms with van der Waals surface area (Å²) in [5.74, 6) is -0.0124. The smallest absolute Gasteiger partial charge is 0.269 e. The van der Waals surface area contributed by atoms with Crippen molar-refractivity contribution < 1.29 is 18.6 Å². The van der Waals surface area contributed by atoms with Gasteiger partial charge in [0.15, 0.2) is 17.3 Å². The minimum Gasteiger partial charge on any atom is -0.494 e. The fraction of sp³-hybridized carbons (Fsp3) is 0.0625. The van der Waals surface area contributed by atoms with Gasteiger partial charge in [0.25, 0.3) is 5.69 Å². The van der Waals surface area contributed by atoms with Crippen LogP contribution in [0, 0.1) is 15.9 Å². The van der Waals surface area contributed by atoms with Gasteiger partial charge in [-0.3, -0.25) is 10.1 Å². The van der Waals surface area contributed by atoms with Gasteiger partial charge in [0.2, 0.25) is 0 Å². The van der Waals surface area contributed by atoms with Crippen LogP contribution in [0.1, 0.15) is 0 Å². The maximum Gasteiger partial charge on any atom is 0.269 e. The number of rotatable bonds is 4. The third-order valence-electron chi connectivity index (χ3n) is 3.37. The third kappa shape index (κ3) is 2.76. The van der Waals surface area contributed by atoms with Crippen molar-refractivity contribution in [3.63, 3.8) is 0 Å². The molecule has 0 bridgehead atoms. The fourth-order valence-electron chi connectivity index (χ4n) is 2.22. The standard InChI is InChI=1S/C16H11FN2O4/c1-22-15-7-4-11(8-14(15)17)16-13(9-18-23-16)10-2-5-12(6-3-10)19(20)21/h2-9H,1H3. The molecule has 3 rings (SSSR count). The minimum absolute atomic E-state index is 0.0118. The van der Waals surface area contributed by atoms with E-state index < -0.39 is 10.7 Å². The molecule has 0 amide bonds. The number of methoxy groups -OCH3 is 1. The first kappa shape index (κ1) is 14.7. The van der Waals surface area contributed by atoms with Crippen LogP contribution in [0.5, 0.6) is 5.75 Å². The monoisotopic (exact) mass is 314 g/mol. The highest BCUT2D eigenvalue weighted by Crippen LogP contribution is 2.34. The molecule has 2 aromatic carbocycles. The summed E-state index contributed by atoms with van der Waals surface area (Å²) in [5.41, 5.74) is 1.78. The highest BCUT2D eigenvalue weighted by Gasteiger charge is 2.16. The van der Waals surface area contributed by atoms with Gasteiger partial charge in [0.1, 0.15) is 0 Å². The average molecular weight is 314 g/mol. The van der Waals surface area contributed by atoms with Gasteiger partial charge < -0.3 is 9.26 Å². The average Bonchev–Trinajstić information content (AvgIpc) is 3.04. The Morgan fingerprint density at radius 3 is 2.48 bits per heavy atom. The Morgan fingerprint density at radius 2 is 1.87 bits per heavy atom. The maximum absolute atomic E-state index is 13.9. The topological polar surface area (TPSA) is 78.4 Å². The van der Waals surface area contributed by atoms with Crippen LogP contribution in [0.3, 0.4) is 0 Å². The van der Waals surface area contributed by atoms with Crippen LogP contribution in [-0.4, -0.2) is 17.2 Å². The van der Waals surface area contributed by atoms with Crippen molar-refractivity contribution in [3.05, 3.63) is 64.6 Å². The van der Waals surface area contributed by atoms with Gasteiger partial charge in [-0.25, -0.2) is 4.39 Å². The van der Waals surface area contributed by atoms with Gasteiger partial charge in [-0.1, -0.05) is 5.16 Å². The fourth-order valence-corrected chi connectivity index (χ4v) is 2.22. The molecule has 0 N–H and O–H groups in total. The molecule has 0 aliphatic heterocycles. The number of nitro benzene ring substituents is 1. The van der Waals surface area contributed by atoms with Gasteiger partial charge in [-0.15, -0.1) is 0 Å². The molecule has 0 aliphatic rings. The van der Waals surface area contributed by atoms with Crippen LogP contribution in [-0.2, 0) is 0 Å². The Morgan fingerprint density at radius 1 is 1.17 bits per heavy atom. The number of nitrogens with zero attached hydrogens (tertiary/aromatic N) is 2. The van der Waals surface area contributed by atoms with Crippen LogP contribution in [0.25, 0.3) is 22.5 Å². The van der Waals surface area contributed by atoms with E-state index in [4.69, 9.17) is 9.26 Å². The van der Waals surface area contributed by atoms with Crippen molar-refractivity contribution in [2.75, 3.05) is 7.11 Å². The zero-order valence-electron chi connectivity index (χ0n) is 12.0. The van der Waals surface area contributed by atoms with Crippen LogP contribution < -0.4 is 4.74 Å². The number of halogens is 1. The van der Waals surface area contributed by atoms with Gasteiger partial charge in [0, 0.05) is 23.3 Å². The molecule has 0 atom stereocenters. The van der Waals surface area contributed by atoms with E-state index in [9.17, 15) is 14.5 Å². The molecule has 0 spiro atoms. The molecule has 6 nitrogen and oxygen atoms in total. The molecule has 1 heterocycles. The number of nitro groups is 1. The third-order valence-corrected chi connectivity index (χ3v) is 3.37. The molecule has 7 heteroatoms. The Kier molecular flexibility index (Phi) is 3.76. The number of aromatic nitrogens is 1. The number of ether oxygens (including phenoxy) is 1. The lowest BCUT2D eigenvalue weighted by Gasteiger charge is -2.05. The van der Waals surface area contributed by atoms with Crippen molar-refractivity contribution in [1.29, 1.82) is 0 Å². The zero-order valence-corrected chi connectivity index (χ0v) is 12.0. The van der Waals surface area contributed by atoms with E-state index >= 15 is 0 Å². The summed E-state index contributed by atoms with van der Waals surface area (Å²) < 4.78 is 24.0. The van der Waals surface area contributed by atoms with Crippen LogP contribution in [0.4, 0.5) is 10.1 Å². The molecular weight excluding hydrogens is 303 g/mol. The summed E-state index contributed by atoms with van der Waals surface area (Å²) in [7, 11) is 1.38. The second-order valence-corrected chi connectivity index (χ2v) is 4.72. The summed E-state index contributed by atoms with van der Waals surface area (Å²) in [5, 5.41) is 14.4. The van der Waals surface area contributed by atoms with E-state index in [-0.39, 0.29) is 11.4 Å². The van der Waals surface area contributed by atoms with Crippen molar-refractivity contribution in [2.24, 2.45) is 0 Å². The SMILES string of the molecule is COc1ccc(-c2oncc2-c2ccc([N+](=O)[O-])cc2)cc1F. The highest BCUT2D eigenvalue weighted by molar-refractivity contribution is 5.79. The summed E-state index contributed by atoms with van der Waals surface area (Å²) in [6, 6.07) is 10.4. The Hall–Kier alpha value is -3.22. The van der Waals surface area contributed by atoms with E-state index in [0.717, 1.165) is 0 Å². The predicted molar refractivity (Wildman–Crippen MR) is 80.5 cm³/mol. The van der Waals surface area contributed by atoms with E-state index in [0.29, 0.717) is 22.5 Å². The molecule has 0 saturated carbocycles. The number of hydrogen-bond donors (Lipinski definition) is 0. The largest absolute Gasteiger partial charge is 0.494 e. The molecule has 0 saturated heterocycles. The minimum atomic E-state index is -0.518. The van der Waals surface area contributed by atoms with Gasteiger partial charge in [0.05, 0.1) is 18.2 Å². The molecule has 0 unspecified atom stereocenters. The van der Waals surface area contributed by atoms with Crippen LogP contribution in [0.2, 0.25) is 0 Å². The van der Waals surface area contributed by atoms with Crippen molar-refractivity contribution >= 4 is 5.69 Å². The molecule has 1 aromatic heterocycles. The Balaban J connectivity index is 2.02. The molecule has 23 heavy (non-hydrogen) atoms. The van der Waals surface area contributed by atoms with E-state index in [1.54, 1.807) is 18.2 Å². The van der Waals surface area contributed by atoms with Gasteiger partial charge in [-0.2, -0.15) is 0 Å². The molecule has 3 aromatic rings. The quantitative estimate of drug-likeness (QED) is 0.536. The highest BCUT2D eigenvalue weighted by atomic mass is 19.1. The number of benzene rings is 2. The lowest BCUT2D eigenvalue weighted by molar-refractivity contribution is -0.384. The lowest BCUT2D eigenvalue weighted by Crippen LogP contribution is -1.89. The molecule has 116 valence electrons. The first-order chi connectivity index (χ1) is 11.1. The first-order valence-electron chi connectivity index (χ1n) is 6.63. The summed E-state index contributed by atoms with van der Waals surface area (Å²) in [6.45, 7) is 0. The van der Waals surface area contributed by atoms with Crippen LogP contribution in [0.15, 0.2) is 53.2 Å². The summed E-state index contributed by atoms with van der Waals surface area (Å²) >= 11 is 0. The second-order valence-electron chi connectivity index (χ2n) is 4.72. The molecule has 0 radical (unpaired) electrons. The molecule has 0 aliphatic carbocycles. The van der Waals surface area contributed by atoms with Crippen LogP contribution >= 0.6 is 0 Å². The second kappa shape index (κ2) is 5.88. The number of non-ortho nitro benzene ring substituents is 1. The Bertz CT molecular complexity index is 859. The lowest BCUT2D eigenvalue weighted by atomic mass is 10.0. The normalized spacial score (nSPS) is 10.5. The van der Waals surface area contributed by atoms with Gasteiger partial charge in [-0.05, 0) is 35.9 Å².